The fourth-order valence-electron chi connectivity index (χ4n) is 0. The Morgan fingerprint density at radius 3 is 1.75 bits per heavy atom. The molecule has 4 heavy (non-hydrogen) atoms. The van der Waals surface area contributed by atoms with E-state index >= 15 is 0 Å². The monoisotopic (exact) mass is 68.0 g/mol. The van der Waals surface area contributed by atoms with Crippen LogP contribution in [0.4, 0.5) is 0 Å². The molecule has 0 amide bonds. The minimum Gasteiger partial charge on any atom is -0.331 e. The molecule has 0 unspecified atom stereocenters. The Bertz CT molecular complexity index is 6.00. The Labute approximate surface area is 48.9 Å². The quantitative estimate of drug-likeness (QED) is 0.300. The van der Waals surface area contributed by atoms with Crippen LogP contribution in [-0.2, 0) is 0 Å². The zero-order valence-electron chi connectivity index (χ0n) is 3.28. The summed E-state index contributed by atoms with van der Waals surface area (Å²) >= 11 is 0. The van der Waals surface area contributed by atoms with E-state index in [1.165, 1.54) is 0 Å². The molecule has 0 spiro atoms. The summed E-state index contributed by atoms with van der Waals surface area (Å²) in [5.41, 5.74) is 4.85. The summed E-state index contributed by atoms with van der Waals surface area (Å²) in [6, 6.07) is 0. The number of rotatable bonds is 0. The Morgan fingerprint density at radius 1 is 1.75 bits per heavy atom. The standard InChI is InChI=1S/C2H7N.Na/c1-2-3;/h2-3H2,1H3;/q;+1. The number of hydrogen-bond donors (Lipinski definition) is 1. The topological polar surface area (TPSA) is 26.0 Å². The van der Waals surface area contributed by atoms with Crippen LogP contribution in [0.15, 0.2) is 0 Å². The molecule has 0 aromatic heterocycles. The SMILES string of the molecule is CCN.[Na+]. The molecule has 0 aromatic carbocycles. The van der Waals surface area contributed by atoms with Gasteiger partial charge in [-0.15, -0.1) is 0 Å². The van der Waals surface area contributed by atoms with E-state index in [9.17, 15) is 0 Å². The molecule has 20 valence electrons. The van der Waals surface area contributed by atoms with Crippen LogP contribution in [0.25, 0.3) is 0 Å². The fourth-order valence-corrected chi connectivity index (χ4v) is 0. The minimum atomic E-state index is 0. The van der Waals surface area contributed by atoms with Gasteiger partial charge in [0.15, 0.2) is 0 Å². The molecule has 0 heterocycles. The van der Waals surface area contributed by atoms with Crippen molar-refractivity contribution < 1.29 is 29.6 Å². The van der Waals surface area contributed by atoms with Gasteiger partial charge in [-0.2, -0.15) is 0 Å². The van der Waals surface area contributed by atoms with E-state index in [4.69, 9.17) is 5.73 Å². The summed E-state index contributed by atoms with van der Waals surface area (Å²) in [6.45, 7) is 2.65. The fraction of sp³-hybridized carbons (Fsp3) is 1.00. The van der Waals surface area contributed by atoms with Crippen molar-refractivity contribution in [2.24, 2.45) is 5.73 Å². The van der Waals surface area contributed by atoms with E-state index in [0.29, 0.717) is 0 Å². The van der Waals surface area contributed by atoms with E-state index in [-0.39, 0.29) is 29.6 Å². The summed E-state index contributed by atoms with van der Waals surface area (Å²) in [6.07, 6.45) is 0. The van der Waals surface area contributed by atoms with Crippen molar-refractivity contribution in [2.45, 2.75) is 6.92 Å². The summed E-state index contributed by atoms with van der Waals surface area (Å²) in [5, 5.41) is 0. The molecule has 0 aliphatic carbocycles. The van der Waals surface area contributed by atoms with Gasteiger partial charge < -0.3 is 5.73 Å². The third kappa shape index (κ3) is 12.3. The average molecular weight is 68.1 g/mol. The van der Waals surface area contributed by atoms with Gasteiger partial charge in [0.1, 0.15) is 0 Å². The van der Waals surface area contributed by atoms with Crippen LogP contribution >= 0.6 is 0 Å². The van der Waals surface area contributed by atoms with Crippen molar-refractivity contribution in [1.82, 2.24) is 0 Å². The summed E-state index contributed by atoms with van der Waals surface area (Å²) in [4.78, 5) is 0. The van der Waals surface area contributed by atoms with Crippen molar-refractivity contribution >= 4 is 0 Å². The average Bonchev–Trinajstić information content (AvgIpc) is 0.918. The van der Waals surface area contributed by atoms with Crippen molar-refractivity contribution in [3.63, 3.8) is 0 Å². The van der Waals surface area contributed by atoms with Crippen molar-refractivity contribution in [2.75, 3.05) is 6.54 Å². The second kappa shape index (κ2) is 9.03. The summed E-state index contributed by atoms with van der Waals surface area (Å²) in [7, 11) is 0. The van der Waals surface area contributed by atoms with E-state index in [2.05, 4.69) is 0 Å². The maximum Gasteiger partial charge on any atom is 1.00 e. The molecule has 0 bridgehead atoms. The molecule has 0 saturated heterocycles. The Morgan fingerprint density at radius 2 is 1.75 bits per heavy atom. The van der Waals surface area contributed by atoms with Gasteiger partial charge in [0.05, 0.1) is 0 Å². The Kier molecular flexibility index (Phi) is 20.0. The van der Waals surface area contributed by atoms with Crippen molar-refractivity contribution in [1.29, 1.82) is 0 Å². The molecule has 0 saturated carbocycles. The third-order valence-corrected chi connectivity index (χ3v) is 0. The molecular formula is C2H7NNa+. The van der Waals surface area contributed by atoms with Crippen LogP contribution in [0, 0.1) is 0 Å². The molecule has 0 rings (SSSR count). The van der Waals surface area contributed by atoms with Crippen molar-refractivity contribution in [3.05, 3.63) is 0 Å². The first-order valence-electron chi connectivity index (χ1n) is 1.12. The Hall–Kier alpha value is 0.960. The van der Waals surface area contributed by atoms with E-state index < -0.39 is 0 Å². The van der Waals surface area contributed by atoms with Gasteiger partial charge in [0, 0.05) is 0 Å². The largest absolute Gasteiger partial charge is 1.00 e. The molecule has 0 atom stereocenters. The molecule has 2 heteroatoms. The second-order valence-corrected chi connectivity index (χ2v) is 0.408. The van der Waals surface area contributed by atoms with E-state index in [1.807, 2.05) is 6.92 Å². The first kappa shape index (κ1) is 8.88. The van der Waals surface area contributed by atoms with Crippen molar-refractivity contribution in [3.8, 4) is 0 Å². The van der Waals surface area contributed by atoms with Gasteiger partial charge in [-0.25, -0.2) is 0 Å². The van der Waals surface area contributed by atoms with E-state index in [1.54, 1.807) is 0 Å². The molecule has 2 N–H and O–H groups in total. The molecule has 0 aliphatic rings. The maximum atomic E-state index is 4.85. The number of hydrogen-bond acceptors (Lipinski definition) is 1. The van der Waals surface area contributed by atoms with Gasteiger partial charge in [0.2, 0.25) is 0 Å². The smallest absolute Gasteiger partial charge is 0.331 e. The van der Waals surface area contributed by atoms with Crippen LogP contribution in [0.3, 0.4) is 0 Å². The molecule has 0 aliphatic heterocycles. The normalized spacial score (nSPS) is 4.50. The second-order valence-electron chi connectivity index (χ2n) is 0.408. The predicted octanol–water partition coefficient (Wildman–Crippen LogP) is -3.03. The molecule has 0 radical (unpaired) electrons. The molecular weight excluding hydrogens is 61.0 g/mol. The molecule has 1 nitrogen and oxygen atoms in total. The molecule has 0 fully saturated rings. The summed E-state index contributed by atoms with van der Waals surface area (Å²) in [5.74, 6) is 0. The third-order valence-electron chi connectivity index (χ3n) is 0. The van der Waals surface area contributed by atoms with Gasteiger partial charge in [-0.1, -0.05) is 6.92 Å². The van der Waals surface area contributed by atoms with Crippen LogP contribution in [0.5, 0.6) is 0 Å². The zero-order chi connectivity index (χ0) is 2.71. The van der Waals surface area contributed by atoms with Gasteiger partial charge in [-0.05, 0) is 6.54 Å². The zero-order valence-corrected chi connectivity index (χ0v) is 5.28. The van der Waals surface area contributed by atoms with Crippen LogP contribution < -0.4 is 35.3 Å². The van der Waals surface area contributed by atoms with Crippen LogP contribution in [0.1, 0.15) is 6.92 Å². The Balaban J connectivity index is 0. The minimum absolute atomic E-state index is 0. The predicted molar refractivity (Wildman–Crippen MR) is 14.7 cm³/mol. The summed E-state index contributed by atoms with van der Waals surface area (Å²) < 4.78 is 0. The van der Waals surface area contributed by atoms with Crippen LogP contribution in [0.2, 0.25) is 0 Å². The van der Waals surface area contributed by atoms with E-state index in [0.717, 1.165) is 6.54 Å². The number of nitrogens with two attached hydrogens (primary N) is 1. The first-order chi connectivity index (χ1) is 1.41. The van der Waals surface area contributed by atoms with Gasteiger partial charge in [-0.3, -0.25) is 0 Å². The van der Waals surface area contributed by atoms with Gasteiger partial charge >= 0.3 is 29.6 Å². The van der Waals surface area contributed by atoms with Crippen LogP contribution in [-0.4, -0.2) is 6.54 Å². The maximum absolute atomic E-state index is 4.85. The first-order valence-corrected chi connectivity index (χ1v) is 1.12. The van der Waals surface area contributed by atoms with Gasteiger partial charge in [0.25, 0.3) is 0 Å². The molecule has 0 aromatic rings.